The number of carboxylic acids is 1. The molecule has 104 valence electrons. The van der Waals surface area contributed by atoms with Crippen LogP contribution in [0.15, 0.2) is 24.4 Å². The summed E-state index contributed by atoms with van der Waals surface area (Å²) in [5, 5.41) is 23.5. The summed E-state index contributed by atoms with van der Waals surface area (Å²) >= 11 is 0. The van der Waals surface area contributed by atoms with Gasteiger partial charge >= 0.3 is 5.97 Å². The largest absolute Gasteiger partial charge is 0.476 e. The Balaban J connectivity index is 1.64. The number of H-pyrrole nitrogens is 1. The zero-order chi connectivity index (χ0) is 13.9. The Kier molecular flexibility index (Phi) is 3.32. The average molecular weight is 273 g/mol. The summed E-state index contributed by atoms with van der Waals surface area (Å²) in [6, 6.07) is 5.22. The van der Waals surface area contributed by atoms with Crippen molar-refractivity contribution in [3.05, 3.63) is 35.8 Å². The molecule has 0 unspecified atom stereocenters. The van der Waals surface area contributed by atoms with Crippen molar-refractivity contribution >= 4 is 11.8 Å². The van der Waals surface area contributed by atoms with Crippen LogP contribution in [0.3, 0.4) is 0 Å². The predicted molar refractivity (Wildman–Crippen MR) is 71.8 cm³/mol. The molecule has 1 saturated heterocycles. The molecule has 0 atom stereocenters. The van der Waals surface area contributed by atoms with Crippen LogP contribution < -0.4 is 4.90 Å². The van der Waals surface area contributed by atoms with Crippen molar-refractivity contribution in [1.82, 2.24) is 20.4 Å². The monoisotopic (exact) mass is 273 g/mol. The van der Waals surface area contributed by atoms with Crippen LogP contribution in [0.4, 0.5) is 5.82 Å². The van der Waals surface area contributed by atoms with Gasteiger partial charge in [0.1, 0.15) is 0 Å². The van der Waals surface area contributed by atoms with E-state index in [9.17, 15) is 4.79 Å². The highest BCUT2D eigenvalue weighted by Gasteiger charge is 2.22. The van der Waals surface area contributed by atoms with Crippen LogP contribution in [0.5, 0.6) is 0 Å². The zero-order valence-corrected chi connectivity index (χ0v) is 10.9. The number of nitrogens with zero attached hydrogens (tertiary/aromatic N) is 4. The first kappa shape index (κ1) is 12.6. The van der Waals surface area contributed by atoms with Gasteiger partial charge in [-0.3, -0.25) is 5.10 Å². The lowest BCUT2D eigenvalue weighted by Crippen LogP contribution is -2.33. The molecule has 3 rings (SSSR count). The van der Waals surface area contributed by atoms with Crippen molar-refractivity contribution in [3.63, 3.8) is 0 Å². The molecule has 1 fully saturated rings. The molecule has 7 nitrogen and oxygen atoms in total. The number of anilines is 1. The minimum Gasteiger partial charge on any atom is -0.476 e. The Hall–Kier alpha value is -2.44. The van der Waals surface area contributed by atoms with Crippen LogP contribution in [0.1, 0.15) is 34.9 Å². The minimum atomic E-state index is -1.05. The molecule has 0 spiro atoms. The highest BCUT2D eigenvalue weighted by molar-refractivity contribution is 5.85. The van der Waals surface area contributed by atoms with Crippen molar-refractivity contribution in [2.45, 2.75) is 18.8 Å². The Morgan fingerprint density at radius 2 is 2.05 bits per heavy atom. The highest BCUT2D eigenvalue weighted by atomic mass is 16.4. The molecular formula is C13H15N5O2. The molecule has 7 heteroatoms. The minimum absolute atomic E-state index is 0.0268. The van der Waals surface area contributed by atoms with Gasteiger partial charge < -0.3 is 10.0 Å². The third-order valence-electron chi connectivity index (χ3n) is 3.65. The Morgan fingerprint density at radius 1 is 1.25 bits per heavy atom. The number of piperidine rings is 1. The topological polar surface area (TPSA) is 95.0 Å². The van der Waals surface area contributed by atoms with Crippen LogP contribution in [0.25, 0.3) is 0 Å². The van der Waals surface area contributed by atoms with Gasteiger partial charge in [0.2, 0.25) is 0 Å². The lowest BCUT2D eigenvalue weighted by atomic mass is 9.94. The molecule has 0 saturated carbocycles. The standard InChI is InChI=1S/C13H15N5O2/c19-13(20)11-1-2-12(17-16-11)18-7-4-9(5-8-18)10-3-6-14-15-10/h1-3,6,9H,4-5,7-8H2,(H,14,15)(H,19,20). The molecule has 2 aromatic rings. The SMILES string of the molecule is O=C(O)c1ccc(N2CCC(c3ccn[nH]3)CC2)nn1. The highest BCUT2D eigenvalue weighted by Crippen LogP contribution is 2.28. The molecule has 0 bridgehead atoms. The van der Waals surface area contributed by atoms with Crippen molar-refractivity contribution < 1.29 is 9.90 Å². The summed E-state index contributed by atoms with van der Waals surface area (Å²) in [4.78, 5) is 12.9. The molecule has 1 aliphatic heterocycles. The average Bonchev–Trinajstić information content (AvgIpc) is 3.02. The molecular weight excluding hydrogens is 258 g/mol. The van der Waals surface area contributed by atoms with Crippen LogP contribution in [0, 0.1) is 0 Å². The molecule has 2 N–H and O–H groups in total. The molecule has 0 amide bonds. The number of hydrogen-bond donors (Lipinski definition) is 2. The molecule has 0 radical (unpaired) electrons. The van der Waals surface area contributed by atoms with Crippen LogP contribution in [0.2, 0.25) is 0 Å². The van der Waals surface area contributed by atoms with Gasteiger partial charge in [0.05, 0.1) is 0 Å². The van der Waals surface area contributed by atoms with Gasteiger partial charge in [-0.2, -0.15) is 5.10 Å². The maximum atomic E-state index is 10.7. The number of rotatable bonds is 3. The van der Waals surface area contributed by atoms with Gasteiger partial charge in [0, 0.05) is 30.9 Å². The predicted octanol–water partition coefficient (Wildman–Crippen LogP) is 1.28. The summed E-state index contributed by atoms with van der Waals surface area (Å²) in [6.45, 7) is 1.76. The maximum absolute atomic E-state index is 10.7. The zero-order valence-electron chi connectivity index (χ0n) is 10.9. The normalized spacial score (nSPS) is 16.3. The first-order valence-electron chi connectivity index (χ1n) is 6.55. The fourth-order valence-electron chi connectivity index (χ4n) is 2.52. The van der Waals surface area contributed by atoms with Crippen molar-refractivity contribution in [1.29, 1.82) is 0 Å². The second-order valence-corrected chi connectivity index (χ2v) is 4.86. The number of carboxylic acid groups (broad SMARTS) is 1. The Bertz CT molecular complexity index is 573. The lowest BCUT2D eigenvalue weighted by Gasteiger charge is -2.31. The smallest absolute Gasteiger partial charge is 0.356 e. The molecule has 0 aromatic carbocycles. The van der Waals surface area contributed by atoms with E-state index in [-0.39, 0.29) is 5.69 Å². The van der Waals surface area contributed by atoms with E-state index in [1.165, 1.54) is 11.8 Å². The van der Waals surface area contributed by atoms with Crippen molar-refractivity contribution in [2.75, 3.05) is 18.0 Å². The van der Waals surface area contributed by atoms with Gasteiger partial charge in [-0.05, 0) is 31.0 Å². The third-order valence-corrected chi connectivity index (χ3v) is 3.65. The summed E-state index contributed by atoms with van der Waals surface area (Å²) in [5.41, 5.74) is 1.15. The second-order valence-electron chi connectivity index (χ2n) is 4.86. The fourth-order valence-corrected chi connectivity index (χ4v) is 2.52. The van der Waals surface area contributed by atoms with Crippen molar-refractivity contribution in [2.24, 2.45) is 0 Å². The Morgan fingerprint density at radius 3 is 2.60 bits per heavy atom. The van der Waals surface area contributed by atoms with E-state index in [1.807, 2.05) is 6.07 Å². The number of aromatic nitrogens is 4. The lowest BCUT2D eigenvalue weighted by molar-refractivity contribution is 0.0689. The number of nitrogens with one attached hydrogen (secondary N) is 1. The molecule has 1 aliphatic rings. The molecule has 3 heterocycles. The number of aromatic carboxylic acids is 1. The van der Waals surface area contributed by atoms with E-state index < -0.39 is 5.97 Å². The van der Waals surface area contributed by atoms with E-state index in [0.29, 0.717) is 5.92 Å². The quantitative estimate of drug-likeness (QED) is 0.874. The summed E-state index contributed by atoms with van der Waals surface area (Å²) in [5.74, 6) is 0.181. The van der Waals surface area contributed by atoms with Gasteiger partial charge in [-0.1, -0.05) is 0 Å². The van der Waals surface area contributed by atoms with E-state index in [4.69, 9.17) is 5.11 Å². The summed E-state index contributed by atoms with van der Waals surface area (Å²) < 4.78 is 0. The van der Waals surface area contributed by atoms with Crippen LogP contribution in [-0.2, 0) is 0 Å². The molecule has 2 aromatic heterocycles. The fraction of sp³-hybridized carbons (Fsp3) is 0.385. The van der Waals surface area contributed by atoms with E-state index in [1.54, 1.807) is 12.3 Å². The number of aromatic amines is 1. The number of hydrogen-bond acceptors (Lipinski definition) is 5. The first-order chi connectivity index (χ1) is 9.74. The number of carbonyl (C=O) groups is 1. The molecule has 0 aliphatic carbocycles. The Labute approximate surface area is 115 Å². The van der Waals surface area contributed by atoms with E-state index in [0.717, 1.165) is 31.7 Å². The van der Waals surface area contributed by atoms with Crippen molar-refractivity contribution in [3.8, 4) is 0 Å². The van der Waals surface area contributed by atoms with E-state index in [2.05, 4.69) is 25.3 Å². The summed E-state index contributed by atoms with van der Waals surface area (Å²) in [7, 11) is 0. The van der Waals surface area contributed by atoms with Gasteiger partial charge in [0.15, 0.2) is 11.5 Å². The maximum Gasteiger partial charge on any atom is 0.356 e. The first-order valence-corrected chi connectivity index (χ1v) is 6.55. The van der Waals surface area contributed by atoms with Crippen LogP contribution in [-0.4, -0.2) is 44.6 Å². The van der Waals surface area contributed by atoms with E-state index >= 15 is 0 Å². The van der Waals surface area contributed by atoms with Gasteiger partial charge in [0.25, 0.3) is 0 Å². The van der Waals surface area contributed by atoms with Gasteiger partial charge in [-0.15, -0.1) is 10.2 Å². The van der Waals surface area contributed by atoms with Crippen LogP contribution >= 0.6 is 0 Å². The summed E-state index contributed by atoms with van der Waals surface area (Å²) in [6.07, 6.45) is 3.81. The second kappa shape index (κ2) is 5.28. The third kappa shape index (κ3) is 2.47. The van der Waals surface area contributed by atoms with Gasteiger partial charge in [-0.25, -0.2) is 4.79 Å². The molecule has 20 heavy (non-hydrogen) atoms.